The second kappa shape index (κ2) is 10.4. The lowest BCUT2D eigenvalue weighted by Gasteiger charge is -2.35. The lowest BCUT2D eigenvalue weighted by Crippen LogP contribution is -2.46. The number of nitrogens with one attached hydrogen (secondary N) is 2. The zero-order valence-corrected chi connectivity index (χ0v) is 20.0. The molecule has 178 valence electrons. The fraction of sp³-hybridized carbons (Fsp3) is 0.417. The minimum Gasteiger partial charge on any atom is -0.348 e. The Bertz CT molecular complexity index is 1130. The van der Waals surface area contributed by atoms with Crippen LogP contribution in [0.5, 0.6) is 0 Å². The third-order valence-electron chi connectivity index (χ3n) is 5.84. The number of carbonyl (C=O) groups is 2. The number of benzene rings is 2. The molecular formula is C24H30FN3O4S. The van der Waals surface area contributed by atoms with E-state index in [0.29, 0.717) is 24.3 Å². The molecule has 1 fully saturated rings. The number of carbonyl (C=O) groups excluding carboxylic acids is 2. The van der Waals surface area contributed by atoms with E-state index in [-0.39, 0.29) is 18.3 Å². The molecular weight excluding hydrogens is 445 g/mol. The molecule has 1 atom stereocenters. The molecule has 0 saturated carbocycles. The van der Waals surface area contributed by atoms with Crippen molar-refractivity contribution in [2.24, 2.45) is 0 Å². The van der Waals surface area contributed by atoms with Gasteiger partial charge in [0.2, 0.25) is 10.0 Å². The summed E-state index contributed by atoms with van der Waals surface area (Å²) in [7, 11) is -3.70. The number of hydrogen-bond acceptors (Lipinski definition) is 4. The maximum Gasteiger partial charge on any atom is 0.313 e. The van der Waals surface area contributed by atoms with E-state index in [0.717, 1.165) is 29.5 Å². The number of anilines is 1. The van der Waals surface area contributed by atoms with Gasteiger partial charge in [0, 0.05) is 19.1 Å². The molecule has 1 aliphatic heterocycles. The number of nitrogens with zero attached hydrogens (tertiary/aromatic N) is 1. The Morgan fingerprint density at radius 3 is 2.39 bits per heavy atom. The molecule has 3 rings (SSSR count). The largest absolute Gasteiger partial charge is 0.348 e. The normalized spacial score (nSPS) is 16.9. The van der Waals surface area contributed by atoms with E-state index in [4.69, 9.17) is 0 Å². The van der Waals surface area contributed by atoms with Crippen molar-refractivity contribution in [1.82, 2.24) is 9.62 Å². The van der Waals surface area contributed by atoms with Crippen molar-refractivity contribution in [2.75, 3.05) is 18.4 Å². The summed E-state index contributed by atoms with van der Waals surface area (Å²) in [6.45, 7) is 6.10. The van der Waals surface area contributed by atoms with Crippen LogP contribution in [0.1, 0.15) is 42.4 Å². The van der Waals surface area contributed by atoms with Crippen LogP contribution in [0.15, 0.2) is 41.3 Å². The van der Waals surface area contributed by atoms with Gasteiger partial charge in [-0.2, -0.15) is 4.31 Å². The molecule has 0 bridgehead atoms. The number of piperidine rings is 1. The minimum absolute atomic E-state index is 0.0777. The van der Waals surface area contributed by atoms with Gasteiger partial charge >= 0.3 is 11.8 Å². The van der Waals surface area contributed by atoms with E-state index < -0.39 is 27.7 Å². The van der Waals surface area contributed by atoms with Crippen LogP contribution in [0.25, 0.3) is 0 Å². The first-order valence-electron chi connectivity index (χ1n) is 11.0. The van der Waals surface area contributed by atoms with Crippen LogP contribution in [0, 0.1) is 26.6 Å². The quantitative estimate of drug-likeness (QED) is 0.626. The number of halogens is 1. The zero-order valence-electron chi connectivity index (χ0n) is 19.2. The van der Waals surface area contributed by atoms with Gasteiger partial charge in [-0.15, -0.1) is 0 Å². The van der Waals surface area contributed by atoms with Crippen LogP contribution in [-0.4, -0.2) is 43.7 Å². The number of amides is 2. The second-order valence-electron chi connectivity index (χ2n) is 8.47. The van der Waals surface area contributed by atoms with Crippen molar-refractivity contribution >= 4 is 27.5 Å². The third-order valence-corrected chi connectivity index (χ3v) is 8.09. The number of sulfonamides is 1. The first-order chi connectivity index (χ1) is 15.6. The van der Waals surface area contributed by atoms with Gasteiger partial charge < -0.3 is 10.6 Å². The standard InChI is InChI=1S/C24H30FN3O4S/c1-16-14-17(2)22(18(3)15-16)33(31,32)28-13-7-6-8-19(28)11-12-26-23(29)24(30)27-21-10-5-4-9-20(21)25/h4-5,9-10,14-15,19H,6-8,11-13H2,1-3H3,(H,26,29)(H,27,30)/t19-/m1/s1. The molecule has 33 heavy (non-hydrogen) atoms. The van der Waals surface area contributed by atoms with Crippen LogP contribution in [0.4, 0.5) is 10.1 Å². The zero-order chi connectivity index (χ0) is 24.2. The molecule has 0 radical (unpaired) electrons. The Hall–Kier alpha value is -2.78. The van der Waals surface area contributed by atoms with Gasteiger partial charge in [0.25, 0.3) is 0 Å². The van der Waals surface area contributed by atoms with Crippen LogP contribution in [0.2, 0.25) is 0 Å². The SMILES string of the molecule is Cc1cc(C)c(S(=O)(=O)N2CCCC[C@@H]2CCNC(=O)C(=O)Nc2ccccc2F)c(C)c1. The molecule has 0 spiro atoms. The average Bonchev–Trinajstić information content (AvgIpc) is 2.74. The molecule has 1 heterocycles. The molecule has 0 unspecified atom stereocenters. The van der Waals surface area contributed by atoms with Crippen LogP contribution in [0.3, 0.4) is 0 Å². The van der Waals surface area contributed by atoms with E-state index in [2.05, 4.69) is 10.6 Å². The second-order valence-corrected chi connectivity index (χ2v) is 10.3. The predicted octanol–water partition coefficient (Wildman–Crippen LogP) is 3.44. The fourth-order valence-corrected chi connectivity index (χ4v) is 6.58. The lowest BCUT2D eigenvalue weighted by molar-refractivity contribution is -0.136. The Kier molecular flexibility index (Phi) is 7.86. The van der Waals surface area contributed by atoms with Gasteiger partial charge in [-0.1, -0.05) is 36.2 Å². The maximum absolute atomic E-state index is 13.7. The van der Waals surface area contributed by atoms with Gasteiger partial charge in [0.1, 0.15) is 5.82 Å². The summed E-state index contributed by atoms with van der Waals surface area (Å²) in [5.74, 6) is -2.50. The number of aryl methyl sites for hydroxylation is 3. The summed E-state index contributed by atoms with van der Waals surface area (Å²) in [6.07, 6.45) is 2.73. The van der Waals surface area contributed by atoms with Crippen LogP contribution >= 0.6 is 0 Å². The monoisotopic (exact) mass is 475 g/mol. The Morgan fingerprint density at radius 2 is 1.73 bits per heavy atom. The molecule has 1 aliphatic rings. The van der Waals surface area contributed by atoms with E-state index in [1.165, 1.54) is 22.5 Å². The van der Waals surface area contributed by atoms with E-state index >= 15 is 0 Å². The van der Waals surface area contributed by atoms with Gasteiger partial charge in [-0.25, -0.2) is 12.8 Å². The summed E-state index contributed by atoms with van der Waals surface area (Å²) in [5.41, 5.74) is 2.37. The Morgan fingerprint density at radius 1 is 1.06 bits per heavy atom. The molecule has 1 saturated heterocycles. The molecule has 2 N–H and O–H groups in total. The van der Waals surface area contributed by atoms with Gasteiger partial charge in [-0.05, 0) is 63.3 Å². The average molecular weight is 476 g/mol. The molecule has 2 aromatic carbocycles. The third kappa shape index (κ3) is 5.78. The highest BCUT2D eigenvalue weighted by Gasteiger charge is 2.35. The minimum atomic E-state index is -3.70. The van der Waals surface area contributed by atoms with E-state index in [1.807, 2.05) is 19.1 Å². The molecule has 0 aromatic heterocycles. The fourth-order valence-electron chi connectivity index (χ4n) is 4.44. The van der Waals surface area contributed by atoms with Gasteiger partial charge in [0.05, 0.1) is 10.6 Å². The summed E-state index contributed by atoms with van der Waals surface area (Å²) < 4.78 is 42.3. The van der Waals surface area contributed by atoms with Crippen molar-refractivity contribution in [3.8, 4) is 0 Å². The molecule has 7 nitrogen and oxygen atoms in total. The predicted molar refractivity (Wildman–Crippen MR) is 125 cm³/mol. The van der Waals surface area contributed by atoms with Gasteiger partial charge in [-0.3, -0.25) is 9.59 Å². The van der Waals surface area contributed by atoms with Crippen molar-refractivity contribution in [1.29, 1.82) is 0 Å². The highest BCUT2D eigenvalue weighted by Crippen LogP contribution is 2.31. The first-order valence-corrected chi connectivity index (χ1v) is 12.5. The van der Waals surface area contributed by atoms with Crippen LogP contribution in [-0.2, 0) is 19.6 Å². The topological polar surface area (TPSA) is 95.6 Å². The summed E-state index contributed by atoms with van der Waals surface area (Å²) in [5, 5.41) is 4.75. The summed E-state index contributed by atoms with van der Waals surface area (Å²) in [6, 6.07) is 9.03. The molecule has 2 aromatic rings. The Labute approximate surface area is 194 Å². The summed E-state index contributed by atoms with van der Waals surface area (Å²) in [4.78, 5) is 24.5. The highest BCUT2D eigenvalue weighted by atomic mass is 32.2. The number of hydrogen-bond donors (Lipinski definition) is 2. The van der Waals surface area contributed by atoms with E-state index in [1.54, 1.807) is 19.9 Å². The number of rotatable bonds is 6. The molecule has 9 heteroatoms. The van der Waals surface area contributed by atoms with Crippen molar-refractivity contribution in [3.05, 3.63) is 58.9 Å². The summed E-state index contributed by atoms with van der Waals surface area (Å²) >= 11 is 0. The van der Waals surface area contributed by atoms with Crippen molar-refractivity contribution < 1.29 is 22.4 Å². The van der Waals surface area contributed by atoms with E-state index in [9.17, 15) is 22.4 Å². The van der Waals surface area contributed by atoms with Crippen molar-refractivity contribution in [2.45, 2.75) is 57.4 Å². The first kappa shape index (κ1) is 24.9. The lowest BCUT2D eigenvalue weighted by atomic mass is 10.0. The molecule has 0 aliphatic carbocycles. The number of para-hydroxylation sites is 1. The maximum atomic E-state index is 13.7. The van der Waals surface area contributed by atoms with Crippen LogP contribution < -0.4 is 10.6 Å². The van der Waals surface area contributed by atoms with Crippen molar-refractivity contribution in [3.63, 3.8) is 0 Å². The molecule has 2 amide bonds. The highest BCUT2D eigenvalue weighted by molar-refractivity contribution is 7.89. The smallest absolute Gasteiger partial charge is 0.313 e. The van der Waals surface area contributed by atoms with Gasteiger partial charge in [0.15, 0.2) is 0 Å². The Balaban J connectivity index is 1.65.